The monoisotopic (exact) mass is 365 g/mol. The molecular formula is C18H14F3NO4. The van der Waals surface area contributed by atoms with E-state index in [1.54, 1.807) is 12.1 Å². The molecule has 0 aliphatic carbocycles. The molecule has 0 aromatic heterocycles. The number of aryl methyl sites for hydroxylation is 1. The van der Waals surface area contributed by atoms with Gasteiger partial charge in [-0.15, -0.1) is 0 Å². The van der Waals surface area contributed by atoms with Crippen molar-refractivity contribution in [3.63, 3.8) is 0 Å². The molecule has 2 aromatic rings. The van der Waals surface area contributed by atoms with E-state index < -0.39 is 17.7 Å². The van der Waals surface area contributed by atoms with Gasteiger partial charge in [-0.05, 0) is 36.2 Å². The van der Waals surface area contributed by atoms with Crippen molar-refractivity contribution in [3.05, 3.63) is 53.6 Å². The van der Waals surface area contributed by atoms with Gasteiger partial charge in [0.25, 0.3) is 5.91 Å². The van der Waals surface area contributed by atoms with Crippen LogP contribution >= 0.6 is 0 Å². The smallest absolute Gasteiger partial charge is 0.416 e. The van der Waals surface area contributed by atoms with Crippen molar-refractivity contribution in [2.75, 3.05) is 11.9 Å². The second kappa shape index (κ2) is 7.07. The van der Waals surface area contributed by atoms with Crippen molar-refractivity contribution in [2.45, 2.75) is 19.0 Å². The summed E-state index contributed by atoms with van der Waals surface area (Å²) in [5.41, 5.74) is 0.129. The first-order chi connectivity index (χ1) is 12.3. The Labute approximate surface area is 146 Å². The van der Waals surface area contributed by atoms with Crippen molar-refractivity contribution in [2.24, 2.45) is 0 Å². The molecule has 1 aliphatic heterocycles. The van der Waals surface area contributed by atoms with Crippen LogP contribution < -0.4 is 14.8 Å². The number of esters is 1. The molecule has 136 valence electrons. The fourth-order valence-electron chi connectivity index (χ4n) is 2.44. The molecule has 0 spiro atoms. The van der Waals surface area contributed by atoms with E-state index in [0.29, 0.717) is 11.3 Å². The van der Waals surface area contributed by atoms with Crippen LogP contribution in [0.25, 0.3) is 0 Å². The molecule has 0 atom stereocenters. The number of amides is 1. The molecule has 1 amide bonds. The molecule has 0 fully saturated rings. The minimum absolute atomic E-state index is 0.0240. The third-order valence-corrected chi connectivity index (χ3v) is 3.73. The molecule has 0 saturated carbocycles. The zero-order valence-corrected chi connectivity index (χ0v) is 13.4. The lowest BCUT2D eigenvalue weighted by atomic mass is 10.1. The van der Waals surface area contributed by atoms with E-state index in [1.807, 2.05) is 0 Å². The number of hydrogen-bond donors (Lipinski definition) is 1. The summed E-state index contributed by atoms with van der Waals surface area (Å²) < 4.78 is 48.1. The van der Waals surface area contributed by atoms with Crippen LogP contribution in [0.4, 0.5) is 18.9 Å². The topological polar surface area (TPSA) is 64.6 Å². The number of para-hydroxylation sites is 1. The summed E-state index contributed by atoms with van der Waals surface area (Å²) >= 11 is 0. The summed E-state index contributed by atoms with van der Waals surface area (Å²) in [7, 11) is 0. The first kappa shape index (κ1) is 17.8. The zero-order valence-electron chi connectivity index (χ0n) is 13.4. The average molecular weight is 365 g/mol. The number of carbonyl (C=O) groups excluding carboxylic acids is 2. The van der Waals surface area contributed by atoms with Crippen molar-refractivity contribution in [1.29, 1.82) is 0 Å². The quantitative estimate of drug-likeness (QED) is 0.665. The minimum atomic E-state index is -4.39. The predicted molar refractivity (Wildman–Crippen MR) is 86.0 cm³/mol. The SMILES string of the molecule is O=C1COc2cccc(OC(=O)CCc3ccc(C(F)(F)F)cc3)c2N1. The fraction of sp³-hybridized carbons (Fsp3) is 0.222. The molecule has 0 radical (unpaired) electrons. The number of carbonyl (C=O) groups is 2. The largest absolute Gasteiger partial charge is 0.481 e. The van der Waals surface area contributed by atoms with Crippen molar-refractivity contribution in [3.8, 4) is 11.5 Å². The summed E-state index contributed by atoms with van der Waals surface area (Å²) in [5, 5.41) is 2.58. The number of hydrogen-bond acceptors (Lipinski definition) is 4. The van der Waals surface area contributed by atoms with Crippen LogP contribution in [-0.2, 0) is 22.2 Å². The number of halogens is 3. The Morgan fingerprint density at radius 2 is 1.88 bits per heavy atom. The maximum atomic E-state index is 12.5. The van der Waals surface area contributed by atoms with Crippen molar-refractivity contribution in [1.82, 2.24) is 0 Å². The third kappa shape index (κ3) is 4.14. The van der Waals surface area contributed by atoms with E-state index in [-0.39, 0.29) is 36.8 Å². The molecule has 26 heavy (non-hydrogen) atoms. The van der Waals surface area contributed by atoms with Crippen LogP contribution in [0.5, 0.6) is 11.5 Å². The molecule has 3 rings (SSSR count). The normalized spacial score (nSPS) is 13.4. The van der Waals surface area contributed by atoms with E-state index in [0.717, 1.165) is 12.1 Å². The number of fused-ring (bicyclic) bond motifs is 1. The van der Waals surface area contributed by atoms with Gasteiger partial charge in [0.15, 0.2) is 12.4 Å². The Balaban J connectivity index is 1.61. The highest BCUT2D eigenvalue weighted by molar-refractivity contribution is 5.97. The molecule has 5 nitrogen and oxygen atoms in total. The first-order valence-corrected chi connectivity index (χ1v) is 7.75. The van der Waals surface area contributed by atoms with Crippen LogP contribution in [0.1, 0.15) is 17.5 Å². The molecule has 0 unspecified atom stereocenters. The number of anilines is 1. The second-order valence-electron chi connectivity index (χ2n) is 5.63. The van der Waals surface area contributed by atoms with Gasteiger partial charge in [-0.25, -0.2) is 0 Å². The number of rotatable bonds is 4. The third-order valence-electron chi connectivity index (χ3n) is 3.73. The lowest BCUT2D eigenvalue weighted by Gasteiger charge is -2.20. The number of ether oxygens (including phenoxy) is 2. The van der Waals surface area contributed by atoms with Crippen LogP contribution in [-0.4, -0.2) is 18.5 Å². The highest BCUT2D eigenvalue weighted by Crippen LogP contribution is 2.36. The molecule has 0 bridgehead atoms. The van der Waals surface area contributed by atoms with E-state index >= 15 is 0 Å². The molecule has 8 heteroatoms. The first-order valence-electron chi connectivity index (χ1n) is 7.75. The summed E-state index contributed by atoms with van der Waals surface area (Å²) in [6, 6.07) is 9.37. The highest BCUT2D eigenvalue weighted by atomic mass is 19.4. The van der Waals surface area contributed by atoms with Crippen LogP contribution in [0.3, 0.4) is 0 Å². The fourth-order valence-corrected chi connectivity index (χ4v) is 2.44. The van der Waals surface area contributed by atoms with E-state index in [4.69, 9.17) is 9.47 Å². The zero-order chi connectivity index (χ0) is 18.7. The van der Waals surface area contributed by atoms with Gasteiger partial charge in [0, 0.05) is 6.42 Å². The van der Waals surface area contributed by atoms with Gasteiger partial charge in [-0.2, -0.15) is 13.2 Å². The van der Waals surface area contributed by atoms with E-state index in [9.17, 15) is 22.8 Å². The summed E-state index contributed by atoms with van der Waals surface area (Å²) in [4.78, 5) is 23.4. The lowest BCUT2D eigenvalue weighted by molar-refractivity contribution is -0.137. The van der Waals surface area contributed by atoms with E-state index in [2.05, 4.69) is 5.32 Å². The average Bonchev–Trinajstić information content (AvgIpc) is 2.60. The molecule has 1 N–H and O–H groups in total. The Kier molecular flexibility index (Phi) is 4.83. The number of nitrogens with one attached hydrogen (secondary N) is 1. The molecular weight excluding hydrogens is 351 g/mol. The van der Waals surface area contributed by atoms with Crippen molar-refractivity contribution < 1.29 is 32.2 Å². The Morgan fingerprint density at radius 1 is 1.15 bits per heavy atom. The minimum Gasteiger partial charge on any atom is -0.481 e. The van der Waals surface area contributed by atoms with Crippen LogP contribution in [0.15, 0.2) is 42.5 Å². The predicted octanol–water partition coefficient (Wildman–Crippen LogP) is 3.57. The Hall–Kier alpha value is -3.03. The van der Waals surface area contributed by atoms with Crippen LogP contribution in [0, 0.1) is 0 Å². The summed E-state index contributed by atoms with van der Waals surface area (Å²) in [6.45, 7) is -0.113. The number of alkyl halides is 3. The maximum Gasteiger partial charge on any atom is 0.416 e. The lowest BCUT2D eigenvalue weighted by Crippen LogP contribution is -2.26. The Morgan fingerprint density at radius 3 is 2.58 bits per heavy atom. The Bertz CT molecular complexity index is 831. The van der Waals surface area contributed by atoms with E-state index in [1.165, 1.54) is 18.2 Å². The van der Waals surface area contributed by atoms with Gasteiger partial charge in [0.2, 0.25) is 0 Å². The highest BCUT2D eigenvalue weighted by Gasteiger charge is 2.30. The molecule has 1 heterocycles. The molecule has 2 aromatic carbocycles. The van der Waals surface area contributed by atoms with Gasteiger partial charge < -0.3 is 14.8 Å². The van der Waals surface area contributed by atoms with Crippen molar-refractivity contribution >= 4 is 17.6 Å². The molecule has 0 saturated heterocycles. The van der Waals surface area contributed by atoms with Gasteiger partial charge in [0.1, 0.15) is 11.4 Å². The number of benzene rings is 2. The van der Waals surface area contributed by atoms with Gasteiger partial charge in [-0.3, -0.25) is 9.59 Å². The summed E-state index contributed by atoms with van der Waals surface area (Å²) in [6.07, 6.45) is -4.19. The van der Waals surface area contributed by atoms with Gasteiger partial charge in [-0.1, -0.05) is 18.2 Å². The maximum absolute atomic E-state index is 12.5. The standard InChI is InChI=1S/C18H14F3NO4/c19-18(20,21)12-7-4-11(5-8-12)6-9-16(24)26-14-3-1-2-13-17(14)22-15(23)10-25-13/h1-5,7-8H,6,9-10H2,(H,22,23). The van der Waals surface area contributed by atoms with Gasteiger partial charge in [0.05, 0.1) is 5.56 Å². The summed E-state index contributed by atoms with van der Waals surface area (Å²) in [5.74, 6) is -0.366. The van der Waals surface area contributed by atoms with Crippen LogP contribution in [0.2, 0.25) is 0 Å². The second-order valence-corrected chi connectivity index (χ2v) is 5.63. The molecule has 1 aliphatic rings. The van der Waals surface area contributed by atoms with Gasteiger partial charge >= 0.3 is 12.1 Å².